The Labute approximate surface area is 139 Å². The third-order valence-corrected chi connectivity index (χ3v) is 4.39. The Hall–Kier alpha value is -1.93. The van der Waals surface area contributed by atoms with Gasteiger partial charge in [0, 0.05) is 11.5 Å². The highest BCUT2D eigenvalue weighted by atomic mass is 28.3. The molecule has 0 aliphatic heterocycles. The number of hydrogen-bond donors (Lipinski definition) is 0. The van der Waals surface area contributed by atoms with Crippen molar-refractivity contribution in [3.05, 3.63) is 17.7 Å². The quantitative estimate of drug-likeness (QED) is 0.454. The summed E-state index contributed by atoms with van der Waals surface area (Å²) in [4.78, 5) is 11.1. The van der Waals surface area contributed by atoms with Gasteiger partial charge in [0.05, 0.1) is 14.2 Å². The van der Waals surface area contributed by atoms with Crippen molar-refractivity contribution in [1.82, 2.24) is 0 Å². The number of carbonyl (C=O) groups excluding carboxylic acids is 1. The molecule has 0 N–H and O–H groups in total. The molecule has 1 aromatic rings. The van der Waals surface area contributed by atoms with Gasteiger partial charge in [0.1, 0.15) is 14.4 Å². The van der Waals surface area contributed by atoms with E-state index in [-0.39, 0.29) is 6.10 Å². The average Bonchev–Trinajstić information content (AvgIpc) is 3.34. The topological polar surface area (TPSA) is 44.8 Å². The van der Waals surface area contributed by atoms with Crippen LogP contribution in [0.2, 0.25) is 19.6 Å². The maximum absolute atomic E-state index is 11.1. The minimum atomic E-state index is -1.47. The molecule has 4 nitrogen and oxygen atoms in total. The molecule has 0 radical (unpaired) electrons. The molecule has 23 heavy (non-hydrogen) atoms. The van der Waals surface area contributed by atoms with Gasteiger partial charge in [-0.2, -0.15) is 0 Å². The highest BCUT2D eigenvalue weighted by Crippen LogP contribution is 2.41. The molecular weight excluding hydrogens is 308 g/mol. The first-order valence-corrected chi connectivity index (χ1v) is 11.3. The highest BCUT2D eigenvalue weighted by Gasteiger charge is 2.33. The predicted molar refractivity (Wildman–Crippen MR) is 93.2 cm³/mol. The SMILES string of the molecule is COc1cc(C=O)cc(OC(C#C[Si](C)(C)C)C2CC2)c1OC. The van der Waals surface area contributed by atoms with Crippen molar-refractivity contribution in [3.8, 4) is 28.7 Å². The molecule has 2 rings (SSSR count). The summed E-state index contributed by atoms with van der Waals surface area (Å²) in [5.41, 5.74) is 3.87. The minimum absolute atomic E-state index is 0.165. The first-order valence-electron chi connectivity index (χ1n) is 7.78. The zero-order chi connectivity index (χ0) is 17.0. The molecule has 0 heterocycles. The van der Waals surface area contributed by atoms with E-state index < -0.39 is 8.07 Å². The standard InChI is InChI=1S/C18H24O4Si/c1-20-16-10-13(12-19)11-17(18(16)21-2)22-15(14-6-7-14)8-9-23(3,4)5/h10-12,14-15H,6-7H2,1-5H3. The van der Waals surface area contributed by atoms with Crippen molar-refractivity contribution in [1.29, 1.82) is 0 Å². The highest BCUT2D eigenvalue weighted by molar-refractivity contribution is 6.83. The van der Waals surface area contributed by atoms with E-state index >= 15 is 0 Å². The van der Waals surface area contributed by atoms with Crippen LogP contribution in [-0.2, 0) is 0 Å². The first kappa shape index (κ1) is 17.4. The second-order valence-electron chi connectivity index (χ2n) is 6.77. The van der Waals surface area contributed by atoms with Crippen LogP contribution in [0.1, 0.15) is 23.2 Å². The van der Waals surface area contributed by atoms with Gasteiger partial charge in [-0.3, -0.25) is 4.79 Å². The number of ether oxygens (including phenoxy) is 3. The fourth-order valence-corrected chi connectivity index (χ4v) is 2.75. The van der Waals surface area contributed by atoms with E-state index in [0.717, 1.165) is 19.1 Å². The molecule has 0 aromatic heterocycles. The molecule has 5 heteroatoms. The zero-order valence-corrected chi connectivity index (χ0v) is 15.4. The fraction of sp³-hybridized carbons (Fsp3) is 0.500. The Morgan fingerprint density at radius 2 is 1.83 bits per heavy atom. The Kier molecular flexibility index (Phi) is 5.37. The lowest BCUT2D eigenvalue weighted by molar-refractivity contribution is 0.112. The Morgan fingerprint density at radius 3 is 2.30 bits per heavy atom. The number of aldehydes is 1. The van der Waals surface area contributed by atoms with Crippen molar-refractivity contribution >= 4 is 14.4 Å². The molecular formula is C18H24O4Si. The lowest BCUT2D eigenvalue weighted by Crippen LogP contribution is -2.22. The molecule has 1 unspecified atom stereocenters. The van der Waals surface area contributed by atoms with E-state index in [1.54, 1.807) is 26.4 Å². The summed E-state index contributed by atoms with van der Waals surface area (Å²) >= 11 is 0. The Balaban J connectivity index is 2.35. The van der Waals surface area contributed by atoms with Gasteiger partial charge in [0.2, 0.25) is 5.75 Å². The lowest BCUT2D eigenvalue weighted by atomic mass is 10.2. The first-order chi connectivity index (χ1) is 10.9. The van der Waals surface area contributed by atoms with Crippen LogP contribution >= 0.6 is 0 Å². The van der Waals surface area contributed by atoms with Gasteiger partial charge in [0.25, 0.3) is 0 Å². The molecule has 0 spiro atoms. The number of benzene rings is 1. The summed E-state index contributed by atoms with van der Waals surface area (Å²) in [6.45, 7) is 6.63. The van der Waals surface area contributed by atoms with Crippen molar-refractivity contribution in [2.24, 2.45) is 5.92 Å². The van der Waals surface area contributed by atoms with Gasteiger partial charge < -0.3 is 14.2 Å². The van der Waals surface area contributed by atoms with Gasteiger partial charge in [-0.05, 0) is 25.0 Å². The molecule has 124 valence electrons. The van der Waals surface area contributed by atoms with Gasteiger partial charge in [-0.15, -0.1) is 5.54 Å². The largest absolute Gasteiger partial charge is 0.493 e. The van der Waals surface area contributed by atoms with Crippen LogP contribution in [0.25, 0.3) is 0 Å². The number of methoxy groups -OCH3 is 2. The minimum Gasteiger partial charge on any atom is -0.493 e. The summed E-state index contributed by atoms with van der Waals surface area (Å²) in [6.07, 6.45) is 2.85. The summed E-state index contributed by atoms with van der Waals surface area (Å²) in [7, 11) is 1.64. The van der Waals surface area contributed by atoms with E-state index in [1.807, 2.05) is 0 Å². The summed E-state index contributed by atoms with van der Waals surface area (Å²) in [5, 5.41) is 0. The monoisotopic (exact) mass is 332 g/mol. The van der Waals surface area contributed by atoms with Crippen LogP contribution in [0, 0.1) is 17.4 Å². The van der Waals surface area contributed by atoms with E-state index in [9.17, 15) is 4.79 Å². The Bertz CT molecular complexity index is 633. The van der Waals surface area contributed by atoms with Gasteiger partial charge >= 0.3 is 0 Å². The zero-order valence-electron chi connectivity index (χ0n) is 14.4. The molecule has 0 saturated heterocycles. The van der Waals surface area contributed by atoms with Crippen LogP contribution in [-0.4, -0.2) is 34.7 Å². The normalized spacial score (nSPS) is 15.2. The maximum Gasteiger partial charge on any atom is 0.203 e. The van der Waals surface area contributed by atoms with Gasteiger partial charge in [-0.1, -0.05) is 25.6 Å². The van der Waals surface area contributed by atoms with Crippen molar-refractivity contribution in [3.63, 3.8) is 0 Å². The second kappa shape index (κ2) is 7.09. The molecule has 1 aliphatic carbocycles. The molecule has 1 aromatic carbocycles. The molecule has 1 aliphatic rings. The summed E-state index contributed by atoms with van der Waals surface area (Å²) < 4.78 is 16.8. The number of rotatable bonds is 6. The van der Waals surface area contributed by atoms with Crippen molar-refractivity contribution in [2.75, 3.05) is 14.2 Å². The van der Waals surface area contributed by atoms with Crippen LogP contribution in [0.5, 0.6) is 17.2 Å². The molecule has 0 amide bonds. The molecule has 1 fully saturated rings. The maximum atomic E-state index is 11.1. The smallest absolute Gasteiger partial charge is 0.203 e. The van der Waals surface area contributed by atoms with Gasteiger partial charge in [0.15, 0.2) is 17.6 Å². The molecule has 1 atom stereocenters. The van der Waals surface area contributed by atoms with E-state index in [0.29, 0.717) is 28.7 Å². The van der Waals surface area contributed by atoms with Crippen molar-refractivity contribution in [2.45, 2.75) is 38.6 Å². The summed E-state index contributed by atoms with van der Waals surface area (Å²) in [5.74, 6) is 5.25. The lowest BCUT2D eigenvalue weighted by Gasteiger charge is -2.18. The van der Waals surface area contributed by atoms with Gasteiger partial charge in [-0.25, -0.2) is 0 Å². The van der Waals surface area contributed by atoms with Crippen LogP contribution in [0.15, 0.2) is 12.1 Å². The number of hydrogen-bond acceptors (Lipinski definition) is 4. The predicted octanol–water partition coefficient (Wildman–Crippen LogP) is 3.55. The fourth-order valence-electron chi connectivity index (χ4n) is 2.17. The molecule has 1 saturated carbocycles. The third-order valence-electron chi connectivity index (χ3n) is 3.50. The van der Waals surface area contributed by atoms with Crippen molar-refractivity contribution < 1.29 is 19.0 Å². The third kappa shape index (κ3) is 4.77. The van der Waals surface area contributed by atoms with Crippen LogP contribution in [0.3, 0.4) is 0 Å². The van der Waals surface area contributed by atoms with E-state index in [2.05, 4.69) is 31.1 Å². The van der Waals surface area contributed by atoms with Crippen LogP contribution < -0.4 is 14.2 Å². The number of carbonyl (C=O) groups is 1. The van der Waals surface area contributed by atoms with E-state index in [1.165, 1.54) is 0 Å². The summed E-state index contributed by atoms with van der Waals surface area (Å²) in [6, 6.07) is 3.32. The second-order valence-corrected chi connectivity index (χ2v) is 11.5. The van der Waals surface area contributed by atoms with Crippen LogP contribution in [0.4, 0.5) is 0 Å². The molecule has 0 bridgehead atoms. The van der Waals surface area contributed by atoms with E-state index in [4.69, 9.17) is 14.2 Å². The Morgan fingerprint density at radius 1 is 1.17 bits per heavy atom. The average molecular weight is 332 g/mol.